The monoisotopic (exact) mass is 358 g/mol. The van der Waals surface area contributed by atoms with Gasteiger partial charge < -0.3 is 4.74 Å². The third kappa shape index (κ3) is 3.11. The minimum absolute atomic E-state index is 0.100. The summed E-state index contributed by atoms with van der Waals surface area (Å²) in [6.45, 7) is 4.35. The fourth-order valence-corrected chi connectivity index (χ4v) is 3.69. The molecular formula is C20H20ClFN2O. The molecule has 0 fully saturated rings. The number of ether oxygens (including phenoxy) is 1. The molecule has 0 saturated carbocycles. The Morgan fingerprint density at radius 2 is 2.00 bits per heavy atom. The Morgan fingerprint density at radius 3 is 2.72 bits per heavy atom. The van der Waals surface area contributed by atoms with E-state index < -0.39 is 0 Å². The normalized spacial score (nSPS) is 21.6. The Hall–Kier alpha value is -2.07. The Balaban J connectivity index is 1.72. The first kappa shape index (κ1) is 16.4. The highest BCUT2D eigenvalue weighted by atomic mass is 35.5. The van der Waals surface area contributed by atoms with Crippen LogP contribution in [0, 0.1) is 11.7 Å². The van der Waals surface area contributed by atoms with Crippen molar-refractivity contribution < 1.29 is 9.13 Å². The number of hydrazone groups is 1. The molecule has 2 heterocycles. The van der Waals surface area contributed by atoms with E-state index in [9.17, 15) is 4.39 Å². The van der Waals surface area contributed by atoms with Crippen molar-refractivity contribution in [3.63, 3.8) is 0 Å². The van der Waals surface area contributed by atoms with Crippen LogP contribution in [0.3, 0.4) is 0 Å². The topological polar surface area (TPSA) is 24.8 Å². The highest BCUT2D eigenvalue weighted by molar-refractivity contribution is 6.30. The smallest absolute Gasteiger partial charge is 0.188 e. The van der Waals surface area contributed by atoms with Gasteiger partial charge in [-0.2, -0.15) is 5.10 Å². The molecule has 2 atom stereocenters. The van der Waals surface area contributed by atoms with Crippen LogP contribution >= 0.6 is 11.6 Å². The van der Waals surface area contributed by atoms with Crippen LogP contribution in [0.5, 0.6) is 5.75 Å². The molecule has 3 nitrogen and oxygen atoms in total. The summed E-state index contributed by atoms with van der Waals surface area (Å²) in [4.78, 5) is 0. The molecule has 0 unspecified atom stereocenters. The second kappa shape index (κ2) is 6.34. The number of hydrogen-bond acceptors (Lipinski definition) is 3. The molecule has 2 aromatic rings. The van der Waals surface area contributed by atoms with E-state index in [1.165, 1.54) is 12.1 Å². The minimum Gasteiger partial charge on any atom is -0.469 e. The molecule has 0 N–H and O–H groups in total. The first-order chi connectivity index (χ1) is 12.0. The molecular weight excluding hydrogens is 339 g/mol. The van der Waals surface area contributed by atoms with Gasteiger partial charge in [0.2, 0.25) is 0 Å². The molecule has 2 aliphatic rings. The third-order valence-corrected chi connectivity index (χ3v) is 4.92. The van der Waals surface area contributed by atoms with Gasteiger partial charge in [0.1, 0.15) is 11.6 Å². The number of fused-ring (bicyclic) bond motifs is 3. The van der Waals surface area contributed by atoms with E-state index in [1.54, 1.807) is 12.1 Å². The van der Waals surface area contributed by atoms with Gasteiger partial charge in [0, 0.05) is 23.4 Å². The maximum atomic E-state index is 13.2. The van der Waals surface area contributed by atoms with E-state index in [4.69, 9.17) is 21.4 Å². The van der Waals surface area contributed by atoms with Gasteiger partial charge in [0.25, 0.3) is 0 Å². The fourth-order valence-electron chi connectivity index (χ4n) is 3.51. The maximum Gasteiger partial charge on any atom is 0.188 e. The maximum absolute atomic E-state index is 13.2. The first-order valence-electron chi connectivity index (χ1n) is 8.59. The molecule has 25 heavy (non-hydrogen) atoms. The van der Waals surface area contributed by atoms with Crippen LogP contribution in [0.2, 0.25) is 5.02 Å². The van der Waals surface area contributed by atoms with Crippen molar-refractivity contribution in [2.75, 3.05) is 0 Å². The molecule has 0 radical (unpaired) electrons. The van der Waals surface area contributed by atoms with Crippen LogP contribution in [0.25, 0.3) is 0 Å². The van der Waals surface area contributed by atoms with Gasteiger partial charge in [-0.05, 0) is 41.8 Å². The summed E-state index contributed by atoms with van der Waals surface area (Å²) in [5.41, 5.74) is 2.96. The molecule has 0 bridgehead atoms. The number of rotatable bonds is 3. The Kier molecular flexibility index (Phi) is 4.16. The minimum atomic E-state index is -0.238. The molecule has 0 aliphatic carbocycles. The molecule has 0 saturated heterocycles. The second-order valence-corrected chi connectivity index (χ2v) is 7.47. The molecule has 130 valence electrons. The lowest BCUT2D eigenvalue weighted by atomic mass is 9.95. The van der Waals surface area contributed by atoms with Crippen LogP contribution < -0.4 is 4.74 Å². The zero-order valence-corrected chi connectivity index (χ0v) is 15.0. The predicted molar refractivity (Wildman–Crippen MR) is 97.5 cm³/mol. The first-order valence-corrected chi connectivity index (χ1v) is 8.97. The van der Waals surface area contributed by atoms with Gasteiger partial charge in [0.05, 0.1) is 11.8 Å². The summed E-state index contributed by atoms with van der Waals surface area (Å²) in [6.07, 6.45) is 1.55. The van der Waals surface area contributed by atoms with Gasteiger partial charge in [-0.3, -0.25) is 5.01 Å². The lowest BCUT2D eigenvalue weighted by Crippen LogP contribution is -2.41. The molecule has 2 aliphatic heterocycles. The van der Waals surface area contributed by atoms with Crippen molar-refractivity contribution in [3.8, 4) is 5.75 Å². The van der Waals surface area contributed by atoms with Crippen molar-refractivity contribution in [2.45, 2.75) is 39.0 Å². The largest absolute Gasteiger partial charge is 0.469 e. The van der Waals surface area contributed by atoms with Crippen LogP contribution in [-0.4, -0.2) is 16.9 Å². The van der Waals surface area contributed by atoms with Crippen LogP contribution in [0.1, 0.15) is 43.9 Å². The summed E-state index contributed by atoms with van der Waals surface area (Å²) >= 11 is 6.21. The van der Waals surface area contributed by atoms with Crippen molar-refractivity contribution in [1.82, 2.24) is 5.01 Å². The molecule has 0 spiro atoms. The Morgan fingerprint density at radius 1 is 1.24 bits per heavy atom. The average molecular weight is 359 g/mol. The predicted octanol–water partition coefficient (Wildman–Crippen LogP) is 5.39. The highest BCUT2D eigenvalue weighted by Gasteiger charge is 2.40. The van der Waals surface area contributed by atoms with Gasteiger partial charge >= 0.3 is 0 Å². The zero-order valence-electron chi connectivity index (χ0n) is 14.2. The average Bonchev–Trinajstić information content (AvgIpc) is 3.01. The van der Waals surface area contributed by atoms with Crippen molar-refractivity contribution >= 4 is 17.3 Å². The molecule has 0 aromatic heterocycles. The van der Waals surface area contributed by atoms with E-state index in [2.05, 4.69) is 18.9 Å². The lowest BCUT2D eigenvalue weighted by Gasteiger charge is -2.38. The molecule has 2 aromatic carbocycles. The van der Waals surface area contributed by atoms with E-state index in [1.807, 2.05) is 18.2 Å². The van der Waals surface area contributed by atoms with Crippen molar-refractivity contribution in [1.29, 1.82) is 0 Å². The Bertz CT molecular complexity index is 819. The number of halogens is 2. The zero-order chi connectivity index (χ0) is 17.6. The van der Waals surface area contributed by atoms with Gasteiger partial charge in [-0.1, -0.05) is 37.6 Å². The van der Waals surface area contributed by atoms with E-state index >= 15 is 0 Å². The molecule has 4 rings (SSSR count). The van der Waals surface area contributed by atoms with Gasteiger partial charge in [-0.15, -0.1) is 0 Å². The van der Waals surface area contributed by atoms with Crippen molar-refractivity contribution in [3.05, 3.63) is 64.4 Å². The van der Waals surface area contributed by atoms with Crippen LogP contribution in [-0.2, 0) is 0 Å². The molecule has 0 amide bonds. The third-order valence-electron chi connectivity index (χ3n) is 4.68. The summed E-state index contributed by atoms with van der Waals surface area (Å²) in [5.74, 6) is 1.13. The fraction of sp³-hybridized carbons (Fsp3) is 0.350. The summed E-state index contributed by atoms with van der Waals surface area (Å²) in [6, 6.07) is 12.4. The standard InChI is InChI=1S/C20H20ClFN2O/c1-12(2)9-20-24-18(16-10-14(21)5-8-19(16)25-20)11-17(23-24)13-3-6-15(22)7-4-13/h3-8,10,12,18,20H,9,11H2,1-2H3/t18-,20-/m0/s1. The lowest BCUT2D eigenvalue weighted by molar-refractivity contribution is -0.0291. The summed E-state index contributed by atoms with van der Waals surface area (Å²) < 4.78 is 19.4. The summed E-state index contributed by atoms with van der Waals surface area (Å²) in [7, 11) is 0. The quantitative estimate of drug-likeness (QED) is 0.734. The van der Waals surface area contributed by atoms with Crippen LogP contribution in [0.15, 0.2) is 47.6 Å². The SMILES string of the molecule is CC(C)C[C@@H]1Oc2ccc(Cl)cc2[C@@H]2CC(c3ccc(F)cc3)=NN12. The van der Waals surface area contributed by atoms with E-state index in [0.717, 1.165) is 35.4 Å². The Labute approximate surface area is 152 Å². The summed E-state index contributed by atoms with van der Waals surface area (Å²) in [5, 5.41) is 7.58. The number of nitrogens with zero attached hydrogens (tertiary/aromatic N) is 2. The van der Waals surface area contributed by atoms with Gasteiger partial charge in [-0.25, -0.2) is 4.39 Å². The highest BCUT2D eigenvalue weighted by Crippen LogP contribution is 2.44. The second-order valence-electron chi connectivity index (χ2n) is 7.04. The number of hydrogen-bond donors (Lipinski definition) is 0. The van der Waals surface area contributed by atoms with E-state index in [-0.39, 0.29) is 18.1 Å². The molecule has 5 heteroatoms. The number of benzene rings is 2. The van der Waals surface area contributed by atoms with Crippen molar-refractivity contribution in [2.24, 2.45) is 11.0 Å². The van der Waals surface area contributed by atoms with Gasteiger partial charge in [0.15, 0.2) is 6.23 Å². The van der Waals surface area contributed by atoms with E-state index in [0.29, 0.717) is 10.9 Å². The van der Waals surface area contributed by atoms with Crippen LogP contribution in [0.4, 0.5) is 4.39 Å².